The fraction of sp³-hybridized carbons (Fsp3) is 0.133. The summed E-state index contributed by atoms with van der Waals surface area (Å²) in [4.78, 5) is 14.4. The largest absolute Gasteiger partial charge is 0.462 e. The molecule has 0 heterocycles. The standard InChI is InChI=1S/C15H13N3O2/c1-2-20-15(19)14(17-18-16)10-12-8-5-7-11-6-3-4-9-13(11)12/h3-10H,2H2,1H3/b14-10-. The molecule has 0 fully saturated rings. The van der Waals surface area contributed by atoms with E-state index in [1.807, 2.05) is 42.5 Å². The third-order valence-corrected chi connectivity index (χ3v) is 2.75. The number of carbonyl (C=O) groups is 1. The molecule has 0 saturated heterocycles. The first-order chi connectivity index (χ1) is 9.76. The van der Waals surface area contributed by atoms with E-state index in [-0.39, 0.29) is 12.3 Å². The SMILES string of the molecule is CCOC(=O)/C(=C/c1cccc2ccccc12)N=[N+]=[N-]. The molecule has 0 amide bonds. The van der Waals surface area contributed by atoms with Crippen LogP contribution >= 0.6 is 0 Å². The molecule has 0 unspecified atom stereocenters. The van der Waals surface area contributed by atoms with Crippen LogP contribution in [0.25, 0.3) is 27.3 Å². The van der Waals surface area contributed by atoms with Gasteiger partial charge in [0.25, 0.3) is 0 Å². The van der Waals surface area contributed by atoms with Crippen molar-refractivity contribution in [2.24, 2.45) is 5.11 Å². The maximum atomic E-state index is 11.7. The molecule has 2 rings (SSSR count). The van der Waals surface area contributed by atoms with E-state index in [2.05, 4.69) is 10.0 Å². The van der Waals surface area contributed by atoms with Crippen molar-refractivity contribution in [3.05, 3.63) is 64.2 Å². The monoisotopic (exact) mass is 267 g/mol. The molecule has 5 nitrogen and oxygen atoms in total. The highest BCUT2D eigenvalue weighted by atomic mass is 16.5. The average Bonchev–Trinajstić information content (AvgIpc) is 2.47. The van der Waals surface area contributed by atoms with Crippen molar-refractivity contribution in [1.82, 2.24) is 0 Å². The molecule has 0 radical (unpaired) electrons. The Kier molecular flexibility index (Phi) is 4.37. The summed E-state index contributed by atoms with van der Waals surface area (Å²) in [5.41, 5.74) is 9.31. The maximum Gasteiger partial charge on any atom is 0.340 e. The number of benzene rings is 2. The molecule has 0 atom stereocenters. The van der Waals surface area contributed by atoms with Crippen molar-refractivity contribution in [2.75, 3.05) is 6.61 Å². The van der Waals surface area contributed by atoms with Crippen LogP contribution in [0.2, 0.25) is 0 Å². The molecule has 0 aromatic heterocycles. The number of azide groups is 1. The third kappa shape index (κ3) is 2.96. The van der Waals surface area contributed by atoms with Gasteiger partial charge in [-0.3, -0.25) is 0 Å². The molecule has 0 aliphatic carbocycles. The predicted molar refractivity (Wildman–Crippen MR) is 77.7 cm³/mol. The van der Waals surface area contributed by atoms with Crippen molar-refractivity contribution in [3.8, 4) is 0 Å². The molecular formula is C15H13N3O2. The molecule has 0 bridgehead atoms. The Morgan fingerprint density at radius 1 is 1.30 bits per heavy atom. The van der Waals surface area contributed by atoms with Gasteiger partial charge in [0.05, 0.1) is 6.61 Å². The van der Waals surface area contributed by atoms with Crippen molar-refractivity contribution < 1.29 is 9.53 Å². The van der Waals surface area contributed by atoms with Crippen LogP contribution in [0.5, 0.6) is 0 Å². The number of nitrogens with zero attached hydrogens (tertiary/aromatic N) is 3. The highest BCUT2D eigenvalue weighted by Gasteiger charge is 2.09. The molecule has 0 spiro atoms. The van der Waals surface area contributed by atoms with Gasteiger partial charge in [-0.05, 0) is 34.9 Å². The molecule has 0 aliphatic heterocycles. The zero-order valence-corrected chi connectivity index (χ0v) is 11.0. The van der Waals surface area contributed by atoms with Crippen LogP contribution in [-0.2, 0) is 9.53 Å². The van der Waals surface area contributed by atoms with Crippen LogP contribution in [0.15, 0.2) is 53.3 Å². The number of fused-ring (bicyclic) bond motifs is 1. The minimum Gasteiger partial charge on any atom is -0.462 e. The van der Waals surface area contributed by atoms with E-state index in [1.54, 1.807) is 13.0 Å². The normalized spacial score (nSPS) is 10.9. The molecule has 2 aromatic rings. The quantitative estimate of drug-likeness (QED) is 0.275. The lowest BCUT2D eigenvalue weighted by molar-refractivity contribution is -0.138. The number of rotatable bonds is 4. The lowest BCUT2D eigenvalue weighted by Crippen LogP contribution is -2.05. The zero-order valence-electron chi connectivity index (χ0n) is 11.0. The van der Waals surface area contributed by atoms with Gasteiger partial charge in [0.2, 0.25) is 0 Å². The van der Waals surface area contributed by atoms with E-state index in [0.29, 0.717) is 0 Å². The van der Waals surface area contributed by atoms with Crippen molar-refractivity contribution in [2.45, 2.75) is 6.92 Å². The third-order valence-electron chi connectivity index (χ3n) is 2.75. The van der Waals surface area contributed by atoms with Crippen LogP contribution in [0.3, 0.4) is 0 Å². The van der Waals surface area contributed by atoms with E-state index in [1.165, 1.54) is 0 Å². The fourth-order valence-electron chi connectivity index (χ4n) is 1.91. The number of ether oxygens (including phenoxy) is 1. The van der Waals surface area contributed by atoms with Crippen LogP contribution < -0.4 is 0 Å². The van der Waals surface area contributed by atoms with Crippen LogP contribution in [0, 0.1) is 0 Å². The highest BCUT2D eigenvalue weighted by molar-refractivity contribution is 5.98. The zero-order chi connectivity index (χ0) is 14.4. The Labute approximate surface area is 116 Å². The van der Waals surface area contributed by atoms with Gasteiger partial charge < -0.3 is 4.74 Å². The number of hydrogen-bond donors (Lipinski definition) is 0. The molecule has 0 saturated carbocycles. The Morgan fingerprint density at radius 2 is 2.05 bits per heavy atom. The lowest BCUT2D eigenvalue weighted by Gasteiger charge is -2.04. The summed E-state index contributed by atoms with van der Waals surface area (Å²) in [5.74, 6) is -0.627. The molecule has 0 N–H and O–H groups in total. The summed E-state index contributed by atoms with van der Waals surface area (Å²) in [6.07, 6.45) is 1.54. The van der Waals surface area contributed by atoms with Gasteiger partial charge in [-0.2, -0.15) is 0 Å². The van der Waals surface area contributed by atoms with Crippen LogP contribution in [-0.4, -0.2) is 12.6 Å². The van der Waals surface area contributed by atoms with Crippen LogP contribution in [0.1, 0.15) is 12.5 Å². The van der Waals surface area contributed by atoms with Crippen molar-refractivity contribution in [3.63, 3.8) is 0 Å². The first kappa shape index (κ1) is 13.6. The Hall–Kier alpha value is -2.78. The second-order valence-corrected chi connectivity index (χ2v) is 4.01. The van der Waals surface area contributed by atoms with Gasteiger partial charge >= 0.3 is 5.97 Å². The minimum atomic E-state index is -0.627. The first-order valence-electron chi connectivity index (χ1n) is 6.18. The summed E-state index contributed by atoms with van der Waals surface area (Å²) in [6.45, 7) is 1.93. The lowest BCUT2D eigenvalue weighted by atomic mass is 10.0. The van der Waals surface area contributed by atoms with Gasteiger partial charge in [0.1, 0.15) is 5.70 Å². The number of esters is 1. The molecule has 5 heteroatoms. The second kappa shape index (κ2) is 6.41. The van der Waals surface area contributed by atoms with Gasteiger partial charge in [0, 0.05) is 4.91 Å². The van der Waals surface area contributed by atoms with Crippen molar-refractivity contribution >= 4 is 22.8 Å². The van der Waals surface area contributed by atoms with Crippen molar-refractivity contribution in [1.29, 1.82) is 0 Å². The molecule has 20 heavy (non-hydrogen) atoms. The number of carbonyl (C=O) groups excluding carboxylic acids is 1. The topological polar surface area (TPSA) is 75.1 Å². The van der Waals surface area contributed by atoms with E-state index in [9.17, 15) is 4.79 Å². The summed E-state index contributed by atoms with van der Waals surface area (Å²) >= 11 is 0. The van der Waals surface area contributed by atoms with E-state index in [4.69, 9.17) is 10.3 Å². The summed E-state index contributed by atoms with van der Waals surface area (Å²) in [7, 11) is 0. The first-order valence-corrected chi connectivity index (χ1v) is 6.18. The molecule has 2 aromatic carbocycles. The van der Waals surface area contributed by atoms with E-state index in [0.717, 1.165) is 16.3 Å². The predicted octanol–water partition coefficient (Wildman–Crippen LogP) is 4.05. The van der Waals surface area contributed by atoms with E-state index < -0.39 is 5.97 Å². The summed E-state index contributed by atoms with van der Waals surface area (Å²) in [6, 6.07) is 13.5. The smallest absolute Gasteiger partial charge is 0.340 e. The Balaban J connectivity index is 2.53. The second-order valence-electron chi connectivity index (χ2n) is 4.01. The Morgan fingerprint density at radius 3 is 2.80 bits per heavy atom. The van der Waals surface area contributed by atoms with Gasteiger partial charge in [-0.25, -0.2) is 4.79 Å². The summed E-state index contributed by atoms with van der Waals surface area (Å²) in [5, 5.41) is 5.44. The van der Waals surface area contributed by atoms with Gasteiger partial charge in [-0.15, -0.1) is 0 Å². The van der Waals surface area contributed by atoms with Gasteiger partial charge in [-0.1, -0.05) is 47.6 Å². The average molecular weight is 267 g/mol. The van der Waals surface area contributed by atoms with Crippen LogP contribution in [0.4, 0.5) is 0 Å². The van der Waals surface area contributed by atoms with E-state index >= 15 is 0 Å². The fourth-order valence-corrected chi connectivity index (χ4v) is 1.91. The highest BCUT2D eigenvalue weighted by Crippen LogP contribution is 2.21. The molecule has 0 aliphatic rings. The maximum absolute atomic E-state index is 11.7. The Bertz CT molecular complexity index is 711. The molecule has 100 valence electrons. The minimum absolute atomic E-state index is 0.0503. The van der Waals surface area contributed by atoms with Gasteiger partial charge in [0.15, 0.2) is 0 Å². The summed E-state index contributed by atoms with van der Waals surface area (Å²) < 4.78 is 4.87. The molecular weight excluding hydrogens is 254 g/mol. The number of hydrogen-bond acceptors (Lipinski definition) is 3.